The van der Waals surface area contributed by atoms with E-state index in [0.29, 0.717) is 0 Å². The number of hydrogen-bond donors (Lipinski definition) is 7. The molecule has 4 aromatic rings. The topological polar surface area (TPSA) is 329 Å². The number of nitrogen functional groups attached to an aromatic ring is 2. The van der Waals surface area contributed by atoms with Crippen molar-refractivity contribution in [1.29, 1.82) is 0 Å². The number of imidazole rings is 2. The number of aromatic nitrogens is 8. The Balaban J connectivity index is 1.18. The lowest BCUT2D eigenvalue weighted by Gasteiger charge is -2.28. The average Bonchev–Trinajstić information content (AvgIpc) is 3.72. The molecule has 0 amide bonds. The van der Waals surface area contributed by atoms with Crippen LogP contribution in [0.2, 0.25) is 0 Å². The number of nitrogens with two attached hydrogens (primary N) is 2. The van der Waals surface area contributed by atoms with Gasteiger partial charge < -0.3 is 40.6 Å². The molecule has 3 aliphatic heterocycles. The summed E-state index contributed by atoms with van der Waals surface area (Å²) in [7, 11) is -9.14. The van der Waals surface area contributed by atoms with Gasteiger partial charge in [0.15, 0.2) is 34.8 Å². The zero-order valence-corrected chi connectivity index (χ0v) is 25.1. The minimum Gasteiger partial charge on any atom is -0.386 e. The molecule has 7 rings (SSSR count). The van der Waals surface area contributed by atoms with Crippen molar-refractivity contribution in [2.45, 2.75) is 49.1 Å². The van der Waals surface area contributed by atoms with Crippen molar-refractivity contribution < 1.29 is 51.8 Å². The molecule has 3 saturated heterocycles. The van der Waals surface area contributed by atoms with E-state index in [2.05, 4.69) is 29.9 Å². The third kappa shape index (κ3) is 5.34. The maximum atomic E-state index is 13.5. The first-order chi connectivity index (χ1) is 21.7. The second-order valence-electron chi connectivity index (χ2n) is 10.6. The lowest BCUT2D eigenvalue weighted by molar-refractivity contribution is -0.0622. The molecule has 4 aromatic heterocycles. The number of phosphoric acid groups is 1. The number of rotatable bonds is 2. The zero-order chi connectivity index (χ0) is 32.7. The molecule has 4 unspecified atom stereocenters. The van der Waals surface area contributed by atoms with Gasteiger partial charge in [-0.1, -0.05) is 0 Å². The Morgan fingerprint density at radius 3 is 1.78 bits per heavy atom. The fraction of sp³-hybridized carbons (Fsp3) is 0.524. The van der Waals surface area contributed by atoms with Crippen LogP contribution in [0.5, 0.6) is 0 Å². The van der Waals surface area contributed by atoms with Crippen LogP contribution in [-0.2, 0) is 36.7 Å². The predicted molar refractivity (Wildman–Crippen MR) is 150 cm³/mol. The molecule has 3 fully saturated rings. The predicted octanol–water partition coefficient (Wildman–Crippen LogP) is -2.33. The van der Waals surface area contributed by atoms with Crippen LogP contribution in [0.25, 0.3) is 22.3 Å². The summed E-state index contributed by atoms with van der Waals surface area (Å²) in [5, 5.41) is 22.4. The van der Waals surface area contributed by atoms with Gasteiger partial charge in [-0.15, -0.1) is 0 Å². The minimum atomic E-state index is -5.04. The van der Waals surface area contributed by atoms with E-state index >= 15 is 0 Å². The third-order valence-electron chi connectivity index (χ3n) is 7.51. The van der Waals surface area contributed by atoms with Gasteiger partial charge in [0.1, 0.15) is 36.6 Å². The molecule has 9 N–H and O–H groups in total. The average molecular weight is 688 g/mol. The first kappa shape index (κ1) is 31.0. The molecule has 7 heterocycles. The second kappa shape index (κ2) is 11.0. The largest absolute Gasteiger partial charge is 0.472 e. The highest BCUT2D eigenvalue weighted by atomic mass is 31.2. The molecule has 3 aliphatic rings. The molecule has 0 bridgehead atoms. The van der Waals surface area contributed by atoms with Crippen molar-refractivity contribution in [2.75, 3.05) is 31.3 Å². The van der Waals surface area contributed by atoms with Crippen molar-refractivity contribution in [2.24, 2.45) is 0 Å². The fourth-order valence-corrected chi connectivity index (χ4v) is 7.64. The van der Waals surface area contributed by atoms with E-state index < -0.39 is 88.8 Å². The lowest BCUT2D eigenvalue weighted by Crippen LogP contribution is -2.39. The number of anilines is 2. The van der Waals surface area contributed by atoms with Crippen LogP contribution in [0.3, 0.4) is 0 Å². The number of aromatic amines is 2. The van der Waals surface area contributed by atoms with Crippen molar-refractivity contribution in [3.05, 3.63) is 33.4 Å². The number of H-pyrrole nitrogens is 2. The molecule has 0 aromatic carbocycles. The zero-order valence-electron chi connectivity index (χ0n) is 23.3. The summed E-state index contributed by atoms with van der Waals surface area (Å²) in [5.74, 6) is -0.488. The molecule has 25 heteroatoms. The van der Waals surface area contributed by atoms with Crippen molar-refractivity contribution in [3.63, 3.8) is 0 Å². The summed E-state index contributed by atoms with van der Waals surface area (Å²) in [6, 6.07) is 0. The normalized spacial score (nSPS) is 37.1. The Morgan fingerprint density at radius 2 is 1.28 bits per heavy atom. The molecule has 0 spiro atoms. The molecule has 0 radical (unpaired) electrons. The smallest absolute Gasteiger partial charge is 0.386 e. The van der Waals surface area contributed by atoms with Crippen LogP contribution in [0, 0.1) is 0 Å². The Morgan fingerprint density at radius 1 is 0.826 bits per heavy atom. The molecule has 248 valence electrons. The van der Waals surface area contributed by atoms with Crippen LogP contribution < -0.4 is 22.6 Å². The Kier molecular flexibility index (Phi) is 7.41. The summed E-state index contributed by atoms with van der Waals surface area (Å²) < 4.78 is 62.5. The van der Waals surface area contributed by atoms with Gasteiger partial charge in [-0.2, -0.15) is 9.97 Å². The van der Waals surface area contributed by atoms with Gasteiger partial charge in [0, 0.05) is 6.66 Å². The first-order valence-electron chi connectivity index (χ1n) is 13.4. The standard InChI is InChI=1S/C21H26N10O13P2/c1-45(36)39-2-6-13(11(33)19(41-6)31-5-25-9-15(31)27-21(23)29-17(9)35)44-46(37,38)40-3-7-12(43-45)10(32)18(42-7)30-4-24-8-14(30)26-20(22)28-16(8)34/h4-7,10-13,18-19,32-33H,2-3H2,1H3,(H,37,38)(H3,22,26,28,34)(H3,23,27,29,35)/t6-,7-,10-,11-,12?,13?,18+,19+,45?/m0/s1. The maximum absolute atomic E-state index is 13.5. The number of nitrogens with one attached hydrogen (secondary N) is 2. The molecule has 46 heavy (non-hydrogen) atoms. The SMILES string of the molecule is CP1(=O)OC[C@@H]2O[C@@H](n3cnc4c(=O)[nH]c(N)nc43)[C@@H](O)C2OP(=O)(O)OC[C@@H]2O[C@@H](n3cnc4c(=O)[nH]c(N)nc43)[C@@H](O)C2O1. The number of hydrogen-bond acceptors (Lipinski definition) is 18. The third-order valence-corrected chi connectivity index (χ3v) is 9.74. The van der Waals surface area contributed by atoms with E-state index in [1.54, 1.807) is 0 Å². The Labute approximate surface area is 254 Å². The minimum absolute atomic E-state index is 0.0580. The number of ether oxygens (including phenoxy) is 2. The fourth-order valence-electron chi connectivity index (χ4n) is 5.50. The lowest BCUT2D eigenvalue weighted by atomic mass is 10.1. The maximum Gasteiger partial charge on any atom is 0.472 e. The number of phosphoric ester groups is 1. The molecule has 0 aliphatic carbocycles. The van der Waals surface area contributed by atoms with Crippen molar-refractivity contribution >= 4 is 49.6 Å². The number of aliphatic hydroxyl groups is 2. The van der Waals surface area contributed by atoms with Gasteiger partial charge in [0.2, 0.25) is 11.9 Å². The van der Waals surface area contributed by atoms with Crippen LogP contribution in [0.4, 0.5) is 11.9 Å². The van der Waals surface area contributed by atoms with Gasteiger partial charge in [0.25, 0.3) is 11.1 Å². The van der Waals surface area contributed by atoms with Gasteiger partial charge in [-0.05, 0) is 0 Å². The second-order valence-corrected chi connectivity index (χ2v) is 14.1. The number of nitrogens with zero attached hydrogens (tertiary/aromatic N) is 6. The van der Waals surface area contributed by atoms with Gasteiger partial charge in [0.05, 0.1) is 25.9 Å². The van der Waals surface area contributed by atoms with Crippen LogP contribution >= 0.6 is 15.4 Å². The summed E-state index contributed by atoms with van der Waals surface area (Å²) in [6.45, 7) is -0.279. The highest BCUT2D eigenvalue weighted by Crippen LogP contribution is 2.53. The Bertz CT molecular complexity index is 1900. The van der Waals surface area contributed by atoms with E-state index in [1.807, 2.05) is 0 Å². The van der Waals surface area contributed by atoms with E-state index in [0.717, 1.165) is 23.9 Å². The quantitative estimate of drug-likeness (QED) is 0.109. The number of aliphatic hydroxyl groups excluding tert-OH is 2. The molecular weight excluding hydrogens is 662 g/mol. The Hall–Kier alpha value is -3.60. The van der Waals surface area contributed by atoms with E-state index in [4.69, 9.17) is 39.0 Å². The van der Waals surface area contributed by atoms with Crippen molar-refractivity contribution in [3.8, 4) is 0 Å². The van der Waals surface area contributed by atoms with Crippen LogP contribution in [0.15, 0.2) is 22.2 Å². The monoisotopic (exact) mass is 688 g/mol. The summed E-state index contributed by atoms with van der Waals surface area (Å²) in [6.07, 6.45) is -9.66. The van der Waals surface area contributed by atoms with E-state index in [9.17, 15) is 33.8 Å². The molecular formula is C21H26N10O13P2. The number of fused-ring (bicyclic) bond motifs is 4. The van der Waals surface area contributed by atoms with Gasteiger partial charge in [-0.3, -0.25) is 46.8 Å². The van der Waals surface area contributed by atoms with Gasteiger partial charge >= 0.3 is 15.4 Å². The van der Waals surface area contributed by atoms with E-state index in [1.165, 1.54) is 4.57 Å². The summed E-state index contributed by atoms with van der Waals surface area (Å²) >= 11 is 0. The highest BCUT2D eigenvalue weighted by Gasteiger charge is 2.53. The highest BCUT2D eigenvalue weighted by molar-refractivity contribution is 7.53. The molecule has 23 nitrogen and oxygen atoms in total. The van der Waals surface area contributed by atoms with Crippen LogP contribution in [-0.4, -0.2) is 111 Å². The van der Waals surface area contributed by atoms with Crippen molar-refractivity contribution in [1.82, 2.24) is 39.0 Å². The molecule has 10 atom stereocenters. The molecule has 0 saturated carbocycles. The first-order valence-corrected chi connectivity index (χ1v) is 16.9. The van der Waals surface area contributed by atoms with Crippen LogP contribution in [0.1, 0.15) is 12.5 Å². The van der Waals surface area contributed by atoms with E-state index in [-0.39, 0.29) is 34.2 Å². The summed E-state index contributed by atoms with van der Waals surface area (Å²) in [4.78, 5) is 55.7. The summed E-state index contributed by atoms with van der Waals surface area (Å²) in [5.41, 5.74) is 9.61. The van der Waals surface area contributed by atoms with Gasteiger partial charge in [-0.25, -0.2) is 14.5 Å².